The summed E-state index contributed by atoms with van der Waals surface area (Å²) < 4.78 is 32.7. The monoisotopic (exact) mass is 432 g/mol. The number of sulfonamides is 1. The number of benzene rings is 1. The molecule has 1 aromatic heterocycles. The number of morpholine rings is 1. The van der Waals surface area contributed by atoms with Crippen molar-refractivity contribution in [2.24, 2.45) is 0 Å². The minimum Gasteiger partial charge on any atom is -0.378 e. The number of aromatic nitrogens is 1. The number of carbonyl (C=O) groups is 1. The van der Waals surface area contributed by atoms with Gasteiger partial charge in [0.25, 0.3) is 5.91 Å². The van der Waals surface area contributed by atoms with E-state index < -0.39 is 10.0 Å². The predicted octanol–water partition coefficient (Wildman–Crippen LogP) is 2.51. The fourth-order valence-electron chi connectivity index (χ4n) is 3.44. The molecule has 2 aromatic rings. The highest BCUT2D eigenvalue weighted by atomic mass is 32.2. The number of amides is 1. The Morgan fingerprint density at radius 3 is 2.57 bits per heavy atom. The summed E-state index contributed by atoms with van der Waals surface area (Å²) in [5.74, 6) is 0.297. The molecule has 1 aliphatic rings. The van der Waals surface area contributed by atoms with Crippen molar-refractivity contribution in [3.05, 3.63) is 47.7 Å². The lowest BCUT2D eigenvalue weighted by Gasteiger charge is -2.29. The molecule has 3 rings (SSSR count). The molecule has 0 atom stereocenters. The molecule has 9 heteroatoms. The summed E-state index contributed by atoms with van der Waals surface area (Å²) in [7, 11) is -3.67. The van der Waals surface area contributed by atoms with Crippen molar-refractivity contribution >= 4 is 27.4 Å². The lowest BCUT2D eigenvalue weighted by atomic mass is 10.1. The Hall–Kier alpha value is -2.49. The zero-order valence-electron chi connectivity index (χ0n) is 17.6. The van der Waals surface area contributed by atoms with E-state index in [-0.39, 0.29) is 16.4 Å². The molecule has 1 saturated heterocycles. The summed E-state index contributed by atoms with van der Waals surface area (Å²) in [4.78, 5) is 19.6. The minimum atomic E-state index is -3.67. The molecule has 0 spiro atoms. The average Bonchev–Trinajstić information content (AvgIpc) is 2.75. The van der Waals surface area contributed by atoms with Crippen molar-refractivity contribution < 1.29 is 17.9 Å². The van der Waals surface area contributed by atoms with Gasteiger partial charge in [-0.25, -0.2) is 13.4 Å². The van der Waals surface area contributed by atoms with Crippen LogP contribution in [-0.4, -0.2) is 63.0 Å². The number of rotatable bonds is 7. The zero-order chi connectivity index (χ0) is 21.7. The van der Waals surface area contributed by atoms with Gasteiger partial charge in [-0.1, -0.05) is 19.9 Å². The van der Waals surface area contributed by atoms with Crippen LogP contribution < -0.4 is 10.2 Å². The van der Waals surface area contributed by atoms with Gasteiger partial charge in [-0.3, -0.25) is 4.79 Å². The molecule has 1 aromatic carbocycles. The molecule has 1 aliphatic heterocycles. The third-order valence-corrected chi connectivity index (χ3v) is 7.31. The topological polar surface area (TPSA) is 91.8 Å². The molecule has 162 valence electrons. The number of aryl methyl sites for hydroxylation is 1. The Balaban J connectivity index is 1.89. The van der Waals surface area contributed by atoms with E-state index in [0.717, 1.165) is 0 Å². The first-order chi connectivity index (χ1) is 14.4. The number of ether oxygens (including phenoxy) is 1. The maximum atomic E-state index is 13.0. The van der Waals surface area contributed by atoms with Gasteiger partial charge >= 0.3 is 0 Å². The van der Waals surface area contributed by atoms with Crippen LogP contribution >= 0.6 is 0 Å². The van der Waals surface area contributed by atoms with Crippen LogP contribution in [0.3, 0.4) is 0 Å². The molecule has 0 radical (unpaired) electrons. The number of carbonyl (C=O) groups excluding carboxylic acids is 1. The maximum absolute atomic E-state index is 13.0. The van der Waals surface area contributed by atoms with Crippen molar-refractivity contribution in [2.75, 3.05) is 49.6 Å². The van der Waals surface area contributed by atoms with Crippen LogP contribution in [0.2, 0.25) is 0 Å². The first kappa shape index (κ1) is 22.2. The molecule has 1 fully saturated rings. The van der Waals surface area contributed by atoms with E-state index in [4.69, 9.17) is 4.74 Å². The highest BCUT2D eigenvalue weighted by Gasteiger charge is 2.25. The molecule has 0 bridgehead atoms. The van der Waals surface area contributed by atoms with Crippen LogP contribution in [0.4, 0.5) is 11.5 Å². The number of nitrogens with zero attached hydrogens (tertiary/aromatic N) is 3. The van der Waals surface area contributed by atoms with Gasteiger partial charge in [0.15, 0.2) is 5.82 Å². The Kier molecular flexibility index (Phi) is 7.06. The van der Waals surface area contributed by atoms with E-state index in [1.54, 1.807) is 51.2 Å². The second-order valence-electron chi connectivity index (χ2n) is 7.00. The Bertz CT molecular complexity index is 1000. The van der Waals surface area contributed by atoms with Crippen LogP contribution in [0.5, 0.6) is 0 Å². The normalized spacial score (nSPS) is 14.7. The third kappa shape index (κ3) is 4.63. The summed E-state index contributed by atoms with van der Waals surface area (Å²) in [5, 5.41) is 2.89. The molecular formula is C21H28N4O4S. The van der Waals surface area contributed by atoms with E-state index in [1.165, 1.54) is 10.4 Å². The second kappa shape index (κ2) is 9.55. The van der Waals surface area contributed by atoms with E-state index in [9.17, 15) is 13.2 Å². The molecule has 0 aliphatic carbocycles. The predicted molar refractivity (Wildman–Crippen MR) is 117 cm³/mol. The first-order valence-corrected chi connectivity index (χ1v) is 11.5. The largest absolute Gasteiger partial charge is 0.378 e. The van der Waals surface area contributed by atoms with Crippen molar-refractivity contribution in [1.29, 1.82) is 0 Å². The average molecular weight is 433 g/mol. The summed E-state index contributed by atoms with van der Waals surface area (Å²) in [5.41, 5.74) is 1.47. The van der Waals surface area contributed by atoms with Crippen LogP contribution in [-0.2, 0) is 14.8 Å². The van der Waals surface area contributed by atoms with Gasteiger partial charge in [0.05, 0.1) is 23.8 Å². The highest BCUT2D eigenvalue weighted by Crippen LogP contribution is 2.26. The van der Waals surface area contributed by atoms with Gasteiger partial charge in [-0.2, -0.15) is 4.31 Å². The smallest absolute Gasteiger partial charge is 0.255 e. The van der Waals surface area contributed by atoms with E-state index >= 15 is 0 Å². The Labute approximate surface area is 177 Å². The zero-order valence-corrected chi connectivity index (χ0v) is 18.4. The van der Waals surface area contributed by atoms with E-state index in [1.807, 2.05) is 0 Å². The quantitative estimate of drug-likeness (QED) is 0.723. The minimum absolute atomic E-state index is 0.151. The second-order valence-corrected chi connectivity index (χ2v) is 8.90. The fourth-order valence-corrected chi connectivity index (χ4v) is 5.15. The Morgan fingerprint density at radius 1 is 1.20 bits per heavy atom. The van der Waals surface area contributed by atoms with Crippen LogP contribution in [0, 0.1) is 6.92 Å². The number of hydrogen-bond acceptors (Lipinski definition) is 6. The van der Waals surface area contributed by atoms with E-state index in [0.29, 0.717) is 56.5 Å². The third-order valence-electron chi connectivity index (χ3n) is 5.12. The maximum Gasteiger partial charge on any atom is 0.255 e. The Morgan fingerprint density at radius 2 is 1.90 bits per heavy atom. The molecule has 30 heavy (non-hydrogen) atoms. The SMILES string of the molecule is CCN(CC)S(=O)(=O)c1cc(C(=O)Nc2cccnc2N2CCOCC2)ccc1C. The molecule has 0 unspecified atom stereocenters. The molecule has 1 N–H and O–H groups in total. The molecular weight excluding hydrogens is 404 g/mol. The lowest BCUT2D eigenvalue weighted by molar-refractivity contribution is 0.102. The standard InChI is InChI=1S/C21H28N4O4S/c1-4-25(5-2)30(27,28)19-15-17(9-8-16(19)3)21(26)23-18-7-6-10-22-20(18)24-11-13-29-14-12-24/h6-10,15H,4-5,11-14H2,1-3H3,(H,23,26). The van der Waals surface area contributed by atoms with Crippen LogP contribution in [0.1, 0.15) is 29.8 Å². The number of pyridine rings is 1. The summed E-state index contributed by atoms with van der Waals surface area (Å²) >= 11 is 0. The van der Waals surface area contributed by atoms with Crippen LogP contribution in [0.15, 0.2) is 41.4 Å². The number of hydrogen-bond donors (Lipinski definition) is 1. The van der Waals surface area contributed by atoms with Crippen LogP contribution in [0.25, 0.3) is 0 Å². The van der Waals surface area contributed by atoms with E-state index in [2.05, 4.69) is 15.2 Å². The molecule has 2 heterocycles. The molecule has 0 saturated carbocycles. The van der Waals surface area contributed by atoms with Gasteiger partial charge < -0.3 is 15.0 Å². The summed E-state index contributed by atoms with van der Waals surface area (Å²) in [6.07, 6.45) is 1.68. The summed E-state index contributed by atoms with van der Waals surface area (Å²) in [6.45, 7) is 8.65. The fraction of sp³-hybridized carbons (Fsp3) is 0.429. The van der Waals surface area contributed by atoms with Gasteiger partial charge in [-0.15, -0.1) is 0 Å². The van der Waals surface area contributed by atoms with Crippen molar-refractivity contribution in [3.8, 4) is 0 Å². The first-order valence-electron chi connectivity index (χ1n) is 10.1. The highest BCUT2D eigenvalue weighted by molar-refractivity contribution is 7.89. The van der Waals surface area contributed by atoms with Crippen molar-refractivity contribution in [2.45, 2.75) is 25.7 Å². The van der Waals surface area contributed by atoms with Gasteiger partial charge in [-0.05, 0) is 36.8 Å². The van der Waals surface area contributed by atoms with Gasteiger partial charge in [0.1, 0.15) is 0 Å². The number of nitrogens with one attached hydrogen (secondary N) is 1. The molecule has 1 amide bonds. The lowest BCUT2D eigenvalue weighted by Crippen LogP contribution is -2.37. The van der Waals surface area contributed by atoms with Crippen molar-refractivity contribution in [3.63, 3.8) is 0 Å². The van der Waals surface area contributed by atoms with Gasteiger partial charge in [0.2, 0.25) is 10.0 Å². The molecule has 8 nitrogen and oxygen atoms in total. The van der Waals surface area contributed by atoms with Gasteiger partial charge in [0, 0.05) is 37.9 Å². The number of anilines is 2. The summed E-state index contributed by atoms with van der Waals surface area (Å²) in [6, 6.07) is 8.29. The van der Waals surface area contributed by atoms with Crippen molar-refractivity contribution in [1.82, 2.24) is 9.29 Å².